The van der Waals surface area contributed by atoms with Gasteiger partial charge in [-0.2, -0.15) is 5.26 Å². The molecule has 0 aliphatic carbocycles. The van der Waals surface area contributed by atoms with E-state index in [0.717, 1.165) is 0 Å². The lowest BCUT2D eigenvalue weighted by atomic mass is 10.2. The fourth-order valence-corrected chi connectivity index (χ4v) is 2.30. The van der Waals surface area contributed by atoms with Crippen molar-refractivity contribution in [1.29, 1.82) is 5.26 Å². The smallest absolute Gasteiger partial charge is 0.336 e. The first-order valence-electron chi connectivity index (χ1n) is 6.11. The number of carbonyl (C=O) groups excluding carboxylic acids is 1. The highest BCUT2D eigenvalue weighted by Crippen LogP contribution is 2.21. The van der Waals surface area contributed by atoms with Crippen molar-refractivity contribution in [3.63, 3.8) is 0 Å². The van der Waals surface area contributed by atoms with Crippen molar-refractivity contribution in [2.75, 3.05) is 25.0 Å². The third kappa shape index (κ3) is 3.71. The highest BCUT2D eigenvalue weighted by atomic mass is 79.9. The number of hydrogen-bond donors (Lipinski definition) is 2. The summed E-state index contributed by atoms with van der Waals surface area (Å²) in [7, 11) is 0. The zero-order chi connectivity index (χ0) is 15.4. The first kappa shape index (κ1) is 15.3. The van der Waals surface area contributed by atoms with Crippen LogP contribution in [0.2, 0.25) is 0 Å². The Bertz CT molecular complexity index is 614. The van der Waals surface area contributed by atoms with Crippen LogP contribution < -0.4 is 5.32 Å². The second kappa shape index (κ2) is 6.56. The summed E-state index contributed by atoms with van der Waals surface area (Å²) in [5, 5.41) is 20.5. The highest BCUT2D eigenvalue weighted by molar-refractivity contribution is 9.10. The number of nitrogens with one attached hydrogen (secondary N) is 1. The molecule has 1 aliphatic rings. The standard InChI is InChI=1S/C13H12BrN3O4/c14-11-2-1-8(5-10(11)12(18)19)16-13(20)17-3-4-21-9(6-15)7-17/h1-2,5,9H,3-4,7H2,(H,16,20)(H,18,19). The number of carboxylic acid groups (broad SMARTS) is 1. The Morgan fingerprint density at radius 1 is 1.52 bits per heavy atom. The number of halogens is 1. The second-order valence-corrected chi connectivity index (χ2v) is 5.22. The zero-order valence-corrected chi connectivity index (χ0v) is 12.5. The Kier molecular flexibility index (Phi) is 4.77. The van der Waals surface area contributed by atoms with Crippen LogP contribution >= 0.6 is 15.9 Å². The van der Waals surface area contributed by atoms with Gasteiger partial charge in [-0.15, -0.1) is 0 Å². The van der Waals surface area contributed by atoms with Crippen LogP contribution in [0.1, 0.15) is 10.4 Å². The van der Waals surface area contributed by atoms with Gasteiger partial charge in [0.15, 0.2) is 6.10 Å². The lowest BCUT2D eigenvalue weighted by molar-refractivity contribution is 0.0181. The SMILES string of the molecule is N#CC1CN(C(=O)Nc2ccc(Br)c(C(=O)O)c2)CCO1. The van der Waals surface area contributed by atoms with E-state index in [4.69, 9.17) is 15.1 Å². The number of anilines is 1. The van der Waals surface area contributed by atoms with Crippen LogP contribution in [0.25, 0.3) is 0 Å². The maximum Gasteiger partial charge on any atom is 0.336 e. The van der Waals surface area contributed by atoms with Crippen LogP contribution in [0.15, 0.2) is 22.7 Å². The van der Waals surface area contributed by atoms with Gasteiger partial charge in [0.05, 0.1) is 24.8 Å². The van der Waals surface area contributed by atoms with Gasteiger partial charge in [0.1, 0.15) is 0 Å². The number of aromatic carboxylic acids is 1. The minimum atomic E-state index is -1.09. The van der Waals surface area contributed by atoms with E-state index in [1.54, 1.807) is 12.1 Å². The Hall–Kier alpha value is -2.11. The van der Waals surface area contributed by atoms with E-state index < -0.39 is 18.1 Å². The molecule has 2 rings (SSSR count). The van der Waals surface area contributed by atoms with E-state index in [-0.39, 0.29) is 12.1 Å². The van der Waals surface area contributed by atoms with Crippen LogP contribution in [-0.4, -0.2) is 47.8 Å². The highest BCUT2D eigenvalue weighted by Gasteiger charge is 2.24. The average Bonchev–Trinajstić information content (AvgIpc) is 2.49. The molecule has 0 radical (unpaired) electrons. The Morgan fingerprint density at radius 2 is 2.29 bits per heavy atom. The van der Waals surface area contributed by atoms with Gasteiger partial charge in [0.25, 0.3) is 0 Å². The van der Waals surface area contributed by atoms with Crippen LogP contribution in [0.4, 0.5) is 10.5 Å². The van der Waals surface area contributed by atoms with E-state index in [1.165, 1.54) is 11.0 Å². The molecule has 1 saturated heterocycles. The van der Waals surface area contributed by atoms with Crippen LogP contribution in [0.5, 0.6) is 0 Å². The van der Waals surface area contributed by atoms with Crippen LogP contribution in [-0.2, 0) is 4.74 Å². The van der Waals surface area contributed by atoms with Crippen molar-refractivity contribution in [2.45, 2.75) is 6.10 Å². The van der Waals surface area contributed by atoms with Gasteiger partial charge < -0.3 is 20.1 Å². The predicted molar refractivity (Wildman–Crippen MR) is 77.0 cm³/mol. The monoisotopic (exact) mass is 353 g/mol. The summed E-state index contributed by atoms with van der Waals surface area (Å²) in [6.07, 6.45) is -0.635. The molecule has 0 aromatic heterocycles. The van der Waals surface area contributed by atoms with Crippen molar-refractivity contribution in [1.82, 2.24) is 4.90 Å². The average molecular weight is 354 g/mol. The third-order valence-electron chi connectivity index (χ3n) is 2.95. The van der Waals surface area contributed by atoms with Crippen molar-refractivity contribution < 1.29 is 19.4 Å². The number of nitrogens with zero attached hydrogens (tertiary/aromatic N) is 2. The molecule has 2 N–H and O–H groups in total. The van der Waals surface area contributed by atoms with E-state index in [0.29, 0.717) is 23.3 Å². The second-order valence-electron chi connectivity index (χ2n) is 4.36. The van der Waals surface area contributed by atoms with Gasteiger partial charge in [-0.3, -0.25) is 0 Å². The molecule has 1 unspecified atom stereocenters. The number of rotatable bonds is 2. The van der Waals surface area contributed by atoms with Gasteiger partial charge in [0.2, 0.25) is 0 Å². The minimum Gasteiger partial charge on any atom is -0.478 e. The molecular formula is C13H12BrN3O4. The first-order chi connectivity index (χ1) is 10.0. The number of hydrogen-bond acceptors (Lipinski definition) is 4. The molecule has 1 heterocycles. The van der Waals surface area contributed by atoms with E-state index in [2.05, 4.69) is 21.2 Å². The summed E-state index contributed by atoms with van der Waals surface area (Å²) < 4.78 is 5.59. The van der Waals surface area contributed by atoms with Crippen molar-refractivity contribution >= 4 is 33.6 Å². The Labute approximate surface area is 129 Å². The molecule has 1 aliphatic heterocycles. The van der Waals surface area contributed by atoms with Gasteiger partial charge in [-0.05, 0) is 34.1 Å². The number of urea groups is 1. The molecule has 1 aromatic rings. The number of amides is 2. The summed E-state index contributed by atoms with van der Waals surface area (Å²) in [4.78, 5) is 24.6. The number of benzene rings is 1. The normalized spacial score (nSPS) is 17.9. The summed E-state index contributed by atoms with van der Waals surface area (Å²) >= 11 is 3.13. The molecule has 1 fully saturated rings. The van der Waals surface area contributed by atoms with Crippen LogP contribution in [0.3, 0.4) is 0 Å². The Morgan fingerprint density at radius 3 is 2.95 bits per heavy atom. The van der Waals surface area contributed by atoms with Crippen LogP contribution in [0, 0.1) is 11.3 Å². The van der Waals surface area contributed by atoms with Gasteiger partial charge in [-0.1, -0.05) is 0 Å². The summed E-state index contributed by atoms with van der Waals surface area (Å²) in [5.41, 5.74) is 0.435. The fourth-order valence-electron chi connectivity index (χ4n) is 1.88. The van der Waals surface area contributed by atoms with Crippen molar-refractivity contribution in [2.24, 2.45) is 0 Å². The largest absolute Gasteiger partial charge is 0.478 e. The zero-order valence-electron chi connectivity index (χ0n) is 10.9. The van der Waals surface area contributed by atoms with E-state index in [1.807, 2.05) is 6.07 Å². The lowest BCUT2D eigenvalue weighted by Gasteiger charge is -2.29. The molecule has 1 aromatic carbocycles. The molecule has 21 heavy (non-hydrogen) atoms. The minimum absolute atomic E-state index is 0.0599. The molecule has 8 heteroatoms. The molecule has 0 spiro atoms. The van der Waals surface area contributed by atoms with Gasteiger partial charge in [-0.25, -0.2) is 9.59 Å². The summed E-state index contributed by atoms with van der Waals surface area (Å²) in [5.74, 6) is -1.09. The van der Waals surface area contributed by atoms with Crippen molar-refractivity contribution in [3.8, 4) is 6.07 Å². The predicted octanol–water partition coefficient (Wildman–Crippen LogP) is 1.90. The summed E-state index contributed by atoms with van der Waals surface area (Å²) in [6, 6.07) is 6.08. The first-order valence-corrected chi connectivity index (χ1v) is 6.90. The number of morpholine rings is 1. The molecule has 7 nitrogen and oxygen atoms in total. The van der Waals surface area contributed by atoms with Gasteiger partial charge in [0, 0.05) is 16.7 Å². The molecular weight excluding hydrogens is 342 g/mol. The summed E-state index contributed by atoms with van der Waals surface area (Å²) in [6.45, 7) is 0.864. The van der Waals surface area contributed by atoms with Crippen molar-refractivity contribution in [3.05, 3.63) is 28.2 Å². The third-order valence-corrected chi connectivity index (χ3v) is 3.64. The quantitative estimate of drug-likeness (QED) is 0.845. The lowest BCUT2D eigenvalue weighted by Crippen LogP contribution is -2.46. The Balaban J connectivity index is 2.08. The number of carbonyl (C=O) groups is 2. The number of nitriles is 1. The molecule has 1 atom stereocenters. The van der Waals surface area contributed by atoms with E-state index in [9.17, 15) is 9.59 Å². The number of carboxylic acids is 1. The maximum atomic E-state index is 12.1. The number of ether oxygens (including phenoxy) is 1. The molecule has 0 saturated carbocycles. The topological polar surface area (TPSA) is 103 Å². The molecule has 2 amide bonds. The maximum absolute atomic E-state index is 12.1. The van der Waals surface area contributed by atoms with E-state index >= 15 is 0 Å². The van der Waals surface area contributed by atoms with Gasteiger partial charge >= 0.3 is 12.0 Å². The fraction of sp³-hybridized carbons (Fsp3) is 0.308. The molecule has 0 bridgehead atoms. The molecule has 110 valence electrons.